The number of anilines is 1. The number of hydrogen-bond acceptors (Lipinski definition) is 2. The van der Waals surface area contributed by atoms with Gasteiger partial charge in [-0.2, -0.15) is 0 Å². The Kier molecular flexibility index (Phi) is 3.89. The Labute approximate surface area is 157 Å². The van der Waals surface area contributed by atoms with Gasteiger partial charge < -0.3 is 4.90 Å². The van der Waals surface area contributed by atoms with Crippen LogP contribution in [0.15, 0.2) is 28.7 Å². The average Bonchev–Trinajstić information content (AvgIpc) is 2.92. The monoisotopic (exact) mass is 405 g/mol. The highest BCUT2D eigenvalue weighted by atomic mass is 79.9. The topological polar surface area (TPSA) is 41.8 Å². The first-order valence-electron chi connectivity index (χ1n) is 9.16. The molecule has 0 spiro atoms. The molecule has 2 amide bonds. The van der Waals surface area contributed by atoms with E-state index < -0.39 is 0 Å². The lowest BCUT2D eigenvalue weighted by Crippen LogP contribution is -3.18. The average molecular weight is 406 g/mol. The minimum atomic E-state index is -0.211. The molecule has 1 N–H and O–H groups in total. The van der Waals surface area contributed by atoms with E-state index in [1.54, 1.807) is 0 Å². The molecule has 1 aromatic carbocycles. The molecule has 2 bridgehead atoms. The smallest absolute Gasteiger partial charge is 0.292 e. The van der Waals surface area contributed by atoms with Crippen LogP contribution in [0.2, 0.25) is 0 Å². The van der Waals surface area contributed by atoms with Gasteiger partial charge in [-0.25, -0.2) is 4.90 Å². The van der Waals surface area contributed by atoms with Crippen LogP contribution in [0.1, 0.15) is 46.5 Å². The Morgan fingerprint density at radius 3 is 2.48 bits per heavy atom. The number of carbonyl (C=O) groups excluding carboxylic acids is 2. The predicted molar refractivity (Wildman–Crippen MR) is 100 cm³/mol. The van der Waals surface area contributed by atoms with Crippen molar-refractivity contribution in [1.82, 2.24) is 0 Å². The molecule has 25 heavy (non-hydrogen) atoms. The van der Waals surface area contributed by atoms with E-state index in [-0.39, 0.29) is 17.9 Å². The van der Waals surface area contributed by atoms with Crippen LogP contribution in [0.25, 0.3) is 0 Å². The number of benzene rings is 1. The molecule has 4 nitrogen and oxygen atoms in total. The second-order valence-corrected chi connectivity index (χ2v) is 10.2. The summed E-state index contributed by atoms with van der Waals surface area (Å²) in [5, 5.41) is 0. The van der Waals surface area contributed by atoms with Crippen molar-refractivity contribution in [2.24, 2.45) is 10.8 Å². The zero-order valence-corrected chi connectivity index (χ0v) is 16.7. The zero-order valence-electron chi connectivity index (χ0n) is 15.1. The lowest BCUT2D eigenvalue weighted by atomic mass is 9.65. The molecule has 1 saturated carbocycles. The first-order valence-corrected chi connectivity index (χ1v) is 9.95. The van der Waals surface area contributed by atoms with Gasteiger partial charge in [0.05, 0.1) is 24.7 Å². The van der Waals surface area contributed by atoms with Crippen molar-refractivity contribution in [2.45, 2.75) is 58.5 Å². The van der Waals surface area contributed by atoms with Gasteiger partial charge in [-0.15, -0.1) is 0 Å². The summed E-state index contributed by atoms with van der Waals surface area (Å²) in [6.07, 6.45) is 3.89. The lowest BCUT2D eigenvalue weighted by Gasteiger charge is -2.37. The summed E-state index contributed by atoms with van der Waals surface area (Å²) < 4.78 is 0.945. The van der Waals surface area contributed by atoms with Crippen LogP contribution in [0.4, 0.5) is 5.69 Å². The van der Waals surface area contributed by atoms with E-state index in [9.17, 15) is 9.59 Å². The first kappa shape index (κ1) is 17.2. The van der Waals surface area contributed by atoms with Crippen molar-refractivity contribution in [3.05, 3.63) is 28.7 Å². The van der Waals surface area contributed by atoms with E-state index >= 15 is 0 Å². The molecule has 4 rings (SSSR count). The molecule has 3 fully saturated rings. The second-order valence-electron chi connectivity index (χ2n) is 9.31. The Morgan fingerprint density at radius 2 is 1.80 bits per heavy atom. The van der Waals surface area contributed by atoms with E-state index in [0.29, 0.717) is 29.0 Å². The summed E-state index contributed by atoms with van der Waals surface area (Å²) in [6, 6.07) is 7.72. The van der Waals surface area contributed by atoms with Crippen LogP contribution in [-0.4, -0.2) is 30.4 Å². The molecule has 1 aliphatic carbocycles. The molecule has 5 heteroatoms. The van der Waals surface area contributed by atoms with Gasteiger partial charge in [-0.05, 0) is 36.1 Å². The maximum Gasteiger partial charge on any atom is 0.292 e. The fourth-order valence-corrected chi connectivity index (χ4v) is 6.12. The Morgan fingerprint density at radius 1 is 1.12 bits per heavy atom. The number of carbonyl (C=O) groups is 2. The van der Waals surface area contributed by atoms with Gasteiger partial charge in [0.25, 0.3) is 5.91 Å². The standard InChI is InChI=1S/C20H25BrN2O2/c1-19(2)9-15-10-20(3,11-19)12-22(15)16-8-17(24)23(18(16)25)14-6-4-13(21)5-7-14/h4-7,15-16H,8-12H2,1-3H3/p+1/t15-,16-,20-/m1/s1. The van der Waals surface area contributed by atoms with Crippen LogP contribution in [0, 0.1) is 10.8 Å². The maximum absolute atomic E-state index is 13.1. The van der Waals surface area contributed by atoms with Gasteiger partial charge in [0, 0.05) is 22.7 Å². The number of hydrogen-bond donors (Lipinski definition) is 1. The molecule has 2 aliphatic heterocycles. The molecule has 1 aromatic rings. The normalized spacial score (nSPS) is 37.0. The Hall–Kier alpha value is -1.20. The summed E-state index contributed by atoms with van der Waals surface area (Å²) in [5.41, 5.74) is 1.32. The number of likely N-dealkylation sites (tertiary alicyclic amines) is 1. The SMILES string of the molecule is CC1(C)C[C@@H]2C[C@@](C)(C[NH+]2[C@@H]2CC(=O)N(c3ccc(Br)cc3)C2=O)C1. The third-order valence-electron chi connectivity index (χ3n) is 6.28. The van der Waals surface area contributed by atoms with Gasteiger partial charge in [0.2, 0.25) is 5.91 Å². The summed E-state index contributed by atoms with van der Waals surface area (Å²) in [7, 11) is 0. The quantitative estimate of drug-likeness (QED) is 0.768. The molecule has 2 saturated heterocycles. The Balaban J connectivity index is 1.59. The molecular formula is C20H26BrN2O2+. The minimum absolute atomic E-state index is 0.0173. The van der Waals surface area contributed by atoms with Crippen LogP contribution in [-0.2, 0) is 9.59 Å². The summed E-state index contributed by atoms with van der Waals surface area (Å²) in [6.45, 7) is 8.06. The van der Waals surface area contributed by atoms with Crippen LogP contribution in [0.5, 0.6) is 0 Å². The van der Waals surface area contributed by atoms with E-state index in [1.807, 2.05) is 24.3 Å². The highest BCUT2D eigenvalue weighted by Crippen LogP contribution is 2.47. The van der Waals surface area contributed by atoms with Gasteiger partial charge in [0.1, 0.15) is 0 Å². The molecule has 0 aromatic heterocycles. The van der Waals surface area contributed by atoms with E-state index in [4.69, 9.17) is 0 Å². The number of fused-ring (bicyclic) bond motifs is 2. The van der Waals surface area contributed by atoms with Gasteiger partial charge in [-0.3, -0.25) is 9.59 Å². The summed E-state index contributed by atoms with van der Waals surface area (Å²) >= 11 is 3.40. The van der Waals surface area contributed by atoms with E-state index in [1.165, 1.54) is 22.6 Å². The maximum atomic E-state index is 13.1. The number of amides is 2. The fourth-order valence-electron chi connectivity index (χ4n) is 5.86. The number of nitrogens with one attached hydrogen (secondary N) is 1. The number of quaternary nitrogens is 1. The number of rotatable bonds is 2. The highest BCUT2D eigenvalue weighted by molar-refractivity contribution is 9.10. The lowest BCUT2D eigenvalue weighted by molar-refractivity contribution is -0.929. The van der Waals surface area contributed by atoms with Crippen LogP contribution >= 0.6 is 15.9 Å². The van der Waals surface area contributed by atoms with Crippen molar-refractivity contribution in [1.29, 1.82) is 0 Å². The summed E-state index contributed by atoms with van der Waals surface area (Å²) in [5.74, 6) is -0.0769. The second kappa shape index (κ2) is 5.65. The molecule has 2 heterocycles. The van der Waals surface area contributed by atoms with Crippen molar-refractivity contribution < 1.29 is 14.5 Å². The van der Waals surface area contributed by atoms with Crippen LogP contribution in [0.3, 0.4) is 0 Å². The molecule has 134 valence electrons. The number of imide groups is 1. The van der Waals surface area contributed by atoms with E-state index in [0.717, 1.165) is 17.4 Å². The van der Waals surface area contributed by atoms with Crippen molar-refractivity contribution in [3.8, 4) is 0 Å². The molecule has 4 atom stereocenters. The molecule has 3 aliphatic rings. The van der Waals surface area contributed by atoms with Crippen molar-refractivity contribution in [2.75, 3.05) is 11.4 Å². The van der Waals surface area contributed by atoms with Crippen LogP contribution < -0.4 is 9.80 Å². The van der Waals surface area contributed by atoms with Crippen molar-refractivity contribution in [3.63, 3.8) is 0 Å². The number of nitrogens with zero attached hydrogens (tertiary/aromatic N) is 1. The highest BCUT2D eigenvalue weighted by Gasteiger charge is 2.58. The minimum Gasteiger partial charge on any atom is -0.321 e. The molecule has 1 unspecified atom stereocenters. The van der Waals surface area contributed by atoms with Crippen molar-refractivity contribution >= 4 is 33.4 Å². The largest absolute Gasteiger partial charge is 0.321 e. The van der Waals surface area contributed by atoms with E-state index in [2.05, 4.69) is 36.7 Å². The zero-order chi connectivity index (χ0) is 18.0. The fraction of sp³-hybridized carbons (Fsp3) is 0.600. The predicted octanol–water partition coefficient (Wildman–Crippen LogP) is 2.56. The number of halogens is 1. The molecular weight excluding hydrogens is 380 g/mol. The Bertz CT molecular complexity index is 730. The molecule has 0 radical (unpaired) electrons. The van der Waals surface area contributed by atoms with Gasteiger partial charge in [0.15, 0.2) is 6.04 Å². The first-order chi connectivity index (χ1) is 11.7. The third kappa shape index (κ3) is 2.95. The van der Waals surface area contributed by atoms with Gasteiger partial charge in [-0.1, -0.05) is 36.7 Å². The third-order valence-corrected chi connectivity index (χ3v) is 6.81. The summed E-state index contributed by atoms with van der Waals surface area (Å²) in [4.78, 5) is 28.5. The van der Waals surface area contributed by atoms with Gasteiger partial charge >= 0.3 is 0 Å².